The lowest BCUT2D eigenvalue weighted by Gasteiger charge is -2.22. The number of aryl methyl sites for hydroxylation is 2. The predicted molar refractivity (Wildman–Crippen MR) is 125 cm³/mol. The number of ether oxygens (including phenoxy) is 2. The highest BCUT2D eigenvalue weighted by Gasteiger charge is 2.20. The molecule has 0 fully saturated rings. The van der Waals surface area contributed by atoms with Crippen molar-refractivity contribution in [2.45, 2.75) is 66.7 Å². The van der Waals surface area contributed by atoms with Gasteiger partial charge in [0.15, 0.2) is 5.52 Å². The second-order valence-corrected chi connectivity index (χ2v) is 9.79. The monoisotopic (exact) mass is 414 g/mol. The maximum Gasteiger partial charge on any atom is 0.186 e. The van der Waals surface area contributed by atoms with E-state index >= 15 is 0 Å². The zero-order chi connectivity index (χ0) is 21.6. The first kappa shape index (κ1) is 23.4. The molecule has 158 valence electrons. The molecule has 2 aromatic carbocycles. The summed E-state index contributed by atoms with van der Waals surface area (Å²) in [7, 11) is 0.0212. The normalized spacial score (nSPS) is 11.8. The molecule has 2 aromatic rings. The van der Waals surface area contributed by atoms with Crippen LogP contribution < -0.4 is 14.8 Å². The van der Waals surface area contributed by atoms with Crippen molar-refractivity contribution in [2.24, 2.45) is 0 Å². The third-order valence-electron chi connectivity index (χ3n) is 4.76. The van der Waals surface area contributed by atoms with Crippen molar-refractivity contribution in [1.29, 1.82) is 0 Å². The lowest BCUT2D eigenvalue weighted by molar-refractivity contribution is 0.108. The molecule has 29 heavy (non-hydrogen) atoms. The van der Waals surface area contributed by atoms with E-state index in [9.17, 15) is 4.79 Å². The second kappa shape index (κ2) is 10.3. The minimum atomic E-state index is 0.0212. The Balaban J connectivity index is 2.32. The van der Waals surface area contributed by atoms with Crippen molar-refractivity contribution in [3.63, 3.8) is 0 Å². The number of rotatable bonds is 9. The fraction of sp³-hybridized carbons (Fsp3) is 0.480. The molecule has 3 nitrogen and oxygen atoms in total. The van der Waals surface area contributed by atoms with Crippen LogP contribution in [0.15, 0.2) is 30.3 Å². The Kier molecular flexibility index (Phi) is 8.28. The highest BCUT2D eigenvalue weighted by atomic mass is 31.1. The molecular formula is C25H35O3P. The van der Waals surface area contributed by atoms with E-state index in [1.54, 1.807) is 0 Å². The summed E-state index contributed by atoms with van der Waals surface area (Å²) in [6.07, 6.45) is 1.87. The SMILES string of the molecule is CCCOc1ccc(PC(=O)c2c(C)cc(C(C)(C)C)cc2C)c(OCCC)c1. The van der Waals surface area contributed by atoms with Crippen molar-refractivity contribution in [2.75, 3.05) is 13.2 Å². The summed E-state index contributed by atoms with van der Waals surface area (Å²) in [5, 5.41) is 0.936. The molecule has 0 aliphatic carbocycles. The van der Waals surface area contributed by atoms with Crippen molar-refractivity contribution < 1.29 is 14.3 Å². The van der Waals surface area contributed by atoms with Crippen LogP contribution in [-0.2, 0) is 5.41 Å². The average Bonchev–Trinajstić information content (AvgIpc) is 2.64. The molecule has 1 unspecified atom stereocenters. The van der Waals surface area contributed by atoms with Gasteiger partial charge in [0.05, 0.1) is 13.2 Å². The molecule has 0 N–H and O–H groups in total. The van der Waals surface area contributed by atoms with Gasteiger partial charge in [0.1, 0.15) is 11.5 Å². The van der Waals surface area contributed by atoms with E-state index in [1.807, 2.05) is 32.0 Å². The smallest absolute Gasteiger partial charge is 0.186 e. The highest BCUT2D eigenvalue weighted by molar-refractivity contribution is 7.66. The molecule has 0 aliphatic heterocycles. The fourth-order valence-electron chi connectivity index (χ4n) is 3.19. The van der Waals surface area contributed by atoms with Crippen LogP contribution in [0.2, 0.25) is 0 Å². The zero-order valence-corrected chi connectivity index (χ0v) is 19.9. The number of carbonyl (C=O) groups is 1. The van der Waals surface area contributed by atoms with E-state index in [1.165, 1.54) is 5.56 Å². The quantitative estimate of drug-likeness (QED) is 0.450. The van der Waals surface area contributed by atoms with Crippen LogP contribution in [0, 0.1) is 13.8 Å². The molecule has 1 atom stereocenters. The average molecular weight is 415 g/mol. The highest BCUT2D eigenvalue weighted by Crippen LogP contribution is 2.32. The molecular weight excluding hydrogens is 379 g/mol. The lowest BCUT2D eigenvalue weighted by Crippen LogP contribution is -2.14. The van der Waals surface area contributed by atoms with Crippen molar-refractivity contribution >= 4 is 19.4 Å². The molecule has 0 spiro atoms. The summed E-state index contributed by atoms with van der Waals surface area (Å²) in [4.78, 5) is 13.2. The number of hydrogen-bond acceptors (Lipinski definition) is 3. The summed E-state index contributed by atoms with van der Waals surface area (Å²) in [6.45, 7) is 16.1. The van der Waals surface area contributed by atoms with Crippen LogP contribution >= 0.6 is 8.58 Å². The molecule has 0 bridgehead atoms. The molecule has 0 aliphatic rings. The molecule has 4 heteroatoms. The molecule has 0 amide bonds. The van der Waals surface area contributed by atoms with Gasteiger partial charge in [-0.05, 0) is 69.5 Å². The number of hydrogen-bond donors (Lipinski definition) is 0. The van der Waals surface area contributed by atoms with Crippen LogP contribution in [0.4, 0.5) is 0 Å². The number of carbonyl (C=O) groups excluding carboxylic acids is 1. The van der Waals surface area contributed by atoms with Crippen LogP contribution in [-0.4, -0.2) is 18.7 Å². The van der Waals surface area contributed by atoms with Gasteiger partial charge in [0, 0.05) is 16.9 Å². The lowest BCUT2D eigenvalue weighted by atomic mass is 9.84. The molecule has 2 rings (SSSR count). The van der Waals surface area contributed by atoms with Gasteiger partial charge >= 0.3 is 0 Å². The summed E-state index contributed by atoms with van der Waals surface area (Å²) in [6, 6.07) is 10.1. The van der Waals surface area contributed by atoms with Gasteiger partial charge in [0.2, 0.25) is 0 Å². The molecule has 0 heterocycles. The van der Waals surface area contributed by atoms with Gasteiger partial charge in [0.25, 0.3) is 0 Å². The first-order valence-corrected chi connectivity index (χ1v) is 11.5. The first-order valence-electron chi connectivity index (χ1n) is 10.5. The second-order valence-electron chi connectivity index (χ2n) is 8.54. The zero-order valence-electron chi connectivity index (χ0n) is 18.9. The Bertz CT molecular complexity index is 827. The molecule has 0 saturated heterocycles. The Morgan fingerprint density at radius 2 is 1.52 bits per heavy atom. The summed E-state index contributed by atoms with van der Waals surface area (Å²) < 4.78 is 11.7. The van der Waals surface area contributed by atoms with Crippen LogP contribution in [0.25, 0.3) is 0 Å². The minimum absolute atomic E-state index is 0.0212. The van der Waals surface area contributed by atoms with Crippen molar-refractivity contribution in [3.8, 4) is 11.5 Å². The van der Waals surface area contributed by atoms with Crippen LogP contribution in [0.1, 0.15) is 74.5 Å². The van der Waals surface area contributed by atoms with E-state index in [2.05, 4.69) is 46.8 Å². The maximum absolute atomic E-state index is 13.2. The van der Waals surface area contributed by atoms with E-state index < -0.39 is 0 Å². The maximum atomic E-state index is 13.2. The summed E-state index contributed by atoms with van der Waals surface area (Å²) >= 11 is 0. The number of benzene rings is 2. The van der Waals surface area contributed by atoms with Crippen LogP contribution in [0.5, 0.6) is 11.5 Å². The Labute approximate surface area is 178 Å². The largest absolute Gasteiger partial charge is 0.493 e. The van der Waals surface area contributed by atoms with E-state index in [0.717, 1.165) is 46.3 Å². The third kappa shape index (κ3) is 6.31. The molecule has 0 aromatic heterocycles. The van der Waals surface area contributed by atoms with E-state index in [0.29, 0.717) is 13.2 Å². The van der Waals surface area contributed by atoms with Crippen molar-refractivity contribution in [3.05, 3.63) is 52.6 Å². The van der Waals surface area contributed by atoms with Gasteiger partial charge < -0.3 is 9.47 Å². The Hall–Kier alpha value is -1.86. The van der Waals surface area contributed by atoms with Crippen molar-refractivity contribution in [1.82, 2.24) is 0 Å². The molecule has 0 saturated carbocycles. The van der Waals surface area contributed by atoms with Crippen LogP contribution in [0.3, 0.4) is 0 Å². The standard InChI is InChI=1S/C25H35O3P/c1-8-12-27-20-10-11-22(21(16-20)28-13-9-2)29-24(26)23-17(3)14-19(15-18(23)4)25(5,6)7/h10-11,14-16,29H,8-9,12-13H2,1-7H3. The van der Waals surface area contributed by atoms with Gasteiger partial charge in [-0.15, -0.1) is 0 Å². The third-order valence-corrected chi connectivity index (χ3v) is 5.92. The Morgan fingerprint density at radius 1 is 0.931 bits per heavy atom. The fourth-order valence-corrected chi connectivity index (χ4v) is 4.38. The summed E-state index contributed by atoms with van der Waals surface area (Å²) in [5.41, 5.74) is 4.41. The minimum Gasteiger partial charge on any atom is -0.493 e. The summed E-state index contributed by atoms with van der Waals surface area (Å²) in [5.74, 6) is 1.55. The van der Waals surface area contributed by atoms with Gasteiger partial charge in [-0.2, -0.15) is 0 Å². The molecule has 0 radical (unpaired) electrons. The first-order chi connectivity index (χ1) is 13.7. The van der Waals surface area contributed by atoms with E-state index in [-0.39, 0.29) is 19.5 Å². The van der Waals surface area contributed by atoms with Gasteiger partial charge in [-0.25, -0.2) is 0 Å². The van der Waals surface area contributed by atoms with E-state index in [4.69, 9.17) is 9.47 Å². The van der Waals surface area contributed by atoms with Gasteiger partial charge in [-0.1, -0.05) is 46.8 Å². The Morgan fingerprint density at radius 3 is 2.07 bits per heavy atom. The predicted octanol–water partition coefficient (Wildman–Crippen LogP) is 6.32. The van der Waals surface area contributed by atoms with Gasteiger partial charge in [-0.3, -0.25) is 4.79 Å². The topological polar surface area (TPSA) is 35.5 Å².